The smallest absolute Gasteiger partial charge is 0.410 e. The van der Waals surface area contributed by atoms with Gasteiger partial charge in [-0.1, -0.05) is 0 Å². The van der Waals surface area contributed by atoms with Gasteiger partial charge >= 0.3 is 12.1 Å². The molecular formula is C15H24N4O4. The Morgan fingerprint density at radius 1 is 1.39 bits per heavy atom. The molecule has 128 valence electrons. The number of aliphatic carboxylic acids is 1. The van der Waals surface area contributed by atoms with Crippen molar-refractivity contribution in [2.45, 2.75) is 44.9 Å². The Labute approximate surface area is 135 Å². The number of likely N-dealkylation sites (tertiary alicyclic amines) is 1. The van der Waals surface area contributed by atoms with Crippen LogP contribution in [0.2, 0.25) is 0 Å². The zero-order valence-electron chi connectivity index (χ0n) is 13.8. The number of carboxylic acids is 1. The third-order valence-corrected chi connectivity index (χ3v) is 3.56. The van der Waals surface area contributed by atoms with Crippen molar-refractivity contribution < 1.29 is 19.4 Å². The zero-order valence-corrected chi connectivity index (χ0v) is 13.8. The molecule has 1 aromatic rings. The molecule has 0 unspecified atom stereocenters. The van der Waals surface area contributed by atoms with Crippen molar-refractivity contribution in [2.75, 3.05) is 19.6 Å². The number of ether oxygens (including phenoxy) is 1. The van der Waals surface area contributed by atoms with E-state index in [0.29, 0.717) is 26.2 Å². The van der Waals surface area contributed by atoms with Gasteiger partial charge < -0.3 is 24.6 Å². The summed E-state index contributed by atoms with van der Waals surface area (Å²) in [5.41, 5.74) is -1.15. The van der Waals surface area contributed by atoms with Crippen LogP contribution < -0.4 is 5.32 Å². The Morgan fingerprint density at radius 3 is 2.61 bits per heavy atom. The topological polar surface area (TPSA) is 96.7 Å². The summed E-state index contributed by atoms with van der Waals surface area (Å²) in [5.74, 6) is -0.885. The maximum atomic E-state index is 12.0. The number of carbonyl (C=O) groups is 2. The molecule has 2 N–H and O–H groups in total. The summed E-state index contributed by atoms with van der Waals surface area (Å²) in [4.78, 5) is 28.6. The summed E-state index contributed by atoms with van der Waals surface area (Å²) in [5, 5.41) is 12.4. The predicted octanol–water partition coefficient (Wildman–Crippen LogP) is 0.937. The standard InChI is InChI=1S/C15H24N4O4/c1-14(2,3)23-13(22)19-9-15(10-19,8-12(20)21)17-5-7-18-6-4-16-11-18/h4,6,11,17H,5,7-10H2,1-3H3,(H,20,21). The summed E-state index contributed by atoms with van der Waals surface area (Å²) in [6, 6.07) is 0. The number of hydrogen-bond acceptors (Lipinski definition) is 5. The average Bonchev–Trinajstić information content (AvgIpc) is 2.85. The van der Waals surface area contributed by atoms with E-state index in [4.69, 9.17) is 9.84 Å². The lowest BCUT2D eigenvalue weighted by Crippen LogP contribution is -2.71. The van der Waals surface area contributed by atoms with E-state index < -0.39 is 23.2 Å². The molecule has 23 heavy (non-hydrogen) atoms. The molecule has 0 bridgehead atoms. The maximum absolute atomic E-state index is 12.0. The molecule has 8 heteroatoms. The van der Waals surface area contributed by atoms with E-state index in [1.807, 2.05) is 10.8 Å². The number of rotatable bonds is 6. The first-order valence-corrected chi connectivity index (χ1v) is 7.60. The van der Waals surface area contributed by atoms with Crippen LogP contribution in [0.5, 0.6) is 0 Å². The molecule has 1 aliphatic heterocycles. The van der Waals surface area contributed by atoms with Crippen LogP contribution in [0.1, 0.15) is 27.2 Å². The van der Waals surface area contributed by atoms with Gasteiger partial charge in [-0.05, 0) is 20.8 Å². The highest BCUT2D eigenvalue weighted by Crippen LogP contribution is 2.26. The van der Waals surface area contributed by atoms with Crippen molar-refractivity contribution in [3.05, 3.63) is 18.7 Å². The molecule has 0 saturated carbocycles. The second-order valence-electron chi connectivity index (χ2n) is 6.91. The minimum Gasteiger partial charge on any atom is -0.481 e. The molecule has 0 spiro atoms. The molecule has 0 aliphatic carbocycles. The van der Waals surface area contributed by atoms with E-state index in [-0.39, 0.29) is 6.42 Å². The van der Waals surface area contributed by atoms with Crippen LogP contribution in [0.3, 0.4) is 0 Å². The Balaban J connectivity index is 1.86. The second kappa shape index (κ2) is 6.57. The largest absolute Gasteiger partial charge is 0.481 e. The van der Waals surface area contributed by atoms with Crippen LogP contribution >= 0.6 is 0 Å². The number of imidazole rings is 1. The van der Waals surface area contributed by atoms with E-state index in [1.165, 1.54) is 4.90 Å². The molecule has 2 heterocycles. The van der Waals surface area contributed by atoms with E-state index in [9.17, 15) is 9.59 Å². The number of carboxylic acid groups (broad SMARTS) is 1. The Bertz CT molecular complexity index is 544. The summed E-state index contributed by atoms with van der Waals surface area (Å²) in [7, 11) is 0. The van der Waals surface area contributed by atoms with E-state index in [1.54, 1.807) is 33.3 Å². The minimum absolute atomic E-state index is 0.0315. The van der Waals surface area contributed by atoms with Crippen LogP contribution in [-0.4, -0.2) is 62.4 Å². The molecular weight excluding hydrogens is 300 g/mol. The lowest BCUT2D eigenvalue weighted by Gasteiger charge is -2.49. The lowest BCUT2D eigenvalue weighted by atomic mass is 9.86. The number of amides is 1. The van der Waals surface area contributed by atoms with Gasteiger partial charge in [0.05, 0.1) is 18.3 Å². The van der Waals surface area contributed by atoms with Gasteiger partial charge in [-0.3, -0.25) is 4.79 Å². The molecule has 0 aromatic carbocycles. The molecule has 8 nitrogen and oxygen atoms in total. The fourth-order valence-electron chi connectivity index (χ4n) is 2.58. The van der Waals surface area contributed by atoms with Crippen molar-refractivity contribution in [3.8, 4) is 0 Å². The summed E-state index contributed by atoms with van der Waals surface area (Å²) >= 11 is 0. The third kappa shape index (κ3) is 4.95. The quantitative estimate of drug-likeness (QED) is 0.808. The molecule has 1 aromatic heterocycles. The van der Waals surface area contributed by atoms with Crippen LogP contribution in [0.15, 0.2) is 18.7 Å². The zero-order chi connectivity index (χ0) is 17.1. The SMILES string of the molecule is CC(C)(C)OC(=O)N1CC(CC(=O)O)(NCCn2ccnc2)C1. The fourth-order valence-corrected chi connectivity index (χ4v) is 2.58. The van der Waals surface area contributed by atoms with Crippen LogP contribution in [0, 0.1) is 0 Å². The van der Waals surface area contributed by atoms with E-state index in [2.05, 4.69) is 10.3 Å². The van der Waals surface area contributed by atoms with Crippen molar-refractivity contribution >= 4 is 12.1 Å². The maximum Gasteiger partial charge on any atom is 0.410 e. The number of aromatic nitrogens is 2. The highest BCUT2D eigenvalue weighted by molar-refractivity contribution is 5.73. The average molecular weight is 324 g/mol. The number of hydrogen-bond donors (Lipinski definition) is 2. The van der Waals surface area contributed by atoms with Crippen LogP contribution in [0.25, 0.3) is 0 Å². The summed E-state index contributed by atoms with van der Waals surface area (Å²) < 4.78 is 7.21. The first-order chi connectivity index (χ1) is 10.7. The van der Waals surface area contributed by atoms with Gasteiger partial charge in [-0.2, -0.15) is 0 Å². The first kappa shape index (κ1) is 17.3. The van der Waals surface area contributed by atoms with Crippen molar-refractivity contribution in [1.82, 2.24) is 19.8 Å². The van der Waals surface area contributed by atoms with Gasteiger partial charge in [0.25, 0.3) is 0 Å². The Hall–Kier alpha value is -2.09. The predicted molar refractivity (Wildman–Crippen MR) is 83.0 cm³/mol. The fraction of sp³-hybridized carbons (Fsp3) is 0.667. The normalized spacial score (nSPS) is 16.7. The van der Waals surface area contributed by atoms with Crippen LogP contribution in [-0.2, 0) is 16.1 Å². The highest BCUT2D eigenvalue weighted by Gasteiger charge is 2.47. The molecule has 1 amide bonds. The third-order valence-electron chi connectivity index (χ3n) is 3.56. The molecule has 0 radical (unpaired) electrons. The van der Waals surface area contributed by atoms with Gasteiger partial charge in [0.15, 0.2) is 0 Å². The van der Waals surface area contributed by atoms with Crippen molar-refractivity contribution in [1.29, 1.82) is 0 Å². The van der Waals surface area contributed by atoms with E-state index >= 15 is 0 Å². The van der Waals surface area contributed by atoms with E-state index in [0.717, 1.165) is 0 Å². The van der Waals surface area contributed by atoms with Crippen molar-refractivity contribution in [3.63, 3.8) is 0 Å². The molecule has 0 atom stereocenters. The lowest BCUT2D eigenvalue weighted by molar-refractivity contribution is -0.141. The Morgan fingerprint density at radius 2 is 2.09 bits per heavy atom. The monoisotopic (exact) mass is 324 g/mol. The van der Waals surface area contributed by atoms with Gasteiger partial charge in [0.2, 0.25) is 0 Å². The minimum atomic E-state index is -0.885. The molecule has 1 saturated heterocycles. The van der Waals surface area contributed by atoms with Crippen LogP contribution in [0.4, 0.5) is 4.79 Å². The number of carbonyl (C=O) groups excluding carboxylic acids is 1. The van der Waals surface area contributed by atoms with Gasteiger partial charge in [-0.25, -0.2) is 9.78 Å². The van der Waals surface area contributed by atoms with Gasteiger partial charge in [-0.15, -0.1) is 0 Å². The highest BCUT2D eigenvalue weighted by atomic mass is 16.6. The Kier molecular flexibility index (Phi) is 4.93. The first-order valence-electron chi connectivity index (χ1n) is 7.60. The van der Waals surface area contributed by atoms with Crippen molar-refractivity contribution in [2.24, 2.45) is 0 Å². The molecule has 1 fully saturated rings. The molecule has 2 rings (SSSR count). The summed E-state index contributed by atoms with van der Waals surface area (Å²) in [6.07, 6.45) is 4.81. The molecule has 1 aliphatic rings. The van der Waals surface area contributed by atoms with Gasteiger partial charge in [0, 0.05) is 38.6 Å². The second-order valence-corrected chi connectivity index (χ2v) is 6.91. The van der Waals surface area contributed by atoms with Gasteiger partial charge in [0.1, 0.15) is 5.60 Å². The number of nitrogens with one attached hydrogen (secondary N) is 1. The number of nitrogens with zero attached hydrogens (tertiary/aromatic N) is 3. The summed E-state index contributed by atoms with van der Waals surface area (Å²) in [6.45, 7) is 7.37.